The van der Waals surface area contributed by atoms with E-state index in [1.165, 1.54) is 12.8 Å². The van der Waals surface area contributed by atoms with Gasteiger partial charge >= 0.3 is 0 Å². The van der Waals surface area contributed by atoms with Crippen LogP contribution in [0.5, 0.6) is 0 Å². The highest BCUT2D eigenvalue weighted by atomic mass is 14.8. The van der Waals surface area contributed by atoms with Gasteiger partial charge in [-0.1, -0.05) is 75.7 Å². The third-order valence-corrected chi connectivity index (χ3v) is 2.19. The zero-order valence-corrected chi connectivity index (χ0v) is 13.8. The van der Waals surface area contributed by atoms with Crippen LogP contribution in [0, 0.1) is 5.41 Å². The van der Waals surface area contributed by atoms with Gasteiger partial charge in [0.05, 0.1) is 0 Å². The molecule has 104 valence electrons. The highest BCUT2D eigenvalue weighted by Gasteiger charge is 2.13. The van der Waals surface area contributed by atoms with Gasteiger partial charge in [0.25, 0.3) is 0 Å². The van der Waals surface area contributed by atoms with Gasteiger partial charge in [-0.25, -0.2) is 0 Å². The normalized spacial score (nSPS) is 8.62. The monoisotopic (exact) mass is 233 g/mol. The lowest BCUT2D eigenvalue weighted by atomic mass is 9.87. The number of hydrogen-bond donors (Lipinski definition) is 1. The minimum atomic E-state index is 0.530. The molecule has 1 nitrogen and oxygen atoms in total. The van der Waals surface area contributed by atoms with Gasteiger partial charge in [0.15, 0.2) is 0 Å². The molecule has 1 N–H and O–H groups in total. The van der Waals surface area contributed by atoms with Gasteiger partial charge in [-0.3, -0.25) is 0 Å². The van der Waals surface area contributed by atoms with Gasteiger partial charge in [0, 0.05) is 0 Å². The van der Waals surface area contributed by atoms with Gasteiger partial charge in [-0.05, 0) is 24.9 Å². The first-order valence-corrected chi connectivity index (χ1v) is 7.33. The van der Waals surface area contributed by atoms with Crippen molar-refractivity contribution in [3.8, 4) is 0 Å². The molecule has 0 saturated heterocycles. The van der Waals surface area contributed by atoms with Crippen molar-refractivity contribution in [2.75, 3.05) is 13.1 Å². The molecule has 0 fully saturated rings. The van der Waals surface area contributed by atoms with Crippen LogP contribution in [0.2, 0.25) is 0 Å². The van der Waals surface area contributed by atoms with E-state index in [0.29, 0.717) is 5.41 Å². The van der Waals surface area contributed by atoms with Crippen molar-refractivity contribution in [1.82, 2.24) is 5.32 Å². The summed E-state index contributed by atoms with van der Waals surface area (Å²) in [6.07, 6.45) is 2.57. The van der Waals surface area contributed by atoms with E-state index >= 15 is 0 Å². The Bertz CT molecular complexity index is 77.5. The van der Waals surface area contributed by atoms with Crippen molar-refractivity contribution >= 4 is 0 Å². The summed E-state index contributed by atoms with van der Waals surface area (Å²) < 4.78 is 0. The number of hydrogen-bond acceptors (Lipinski definition) is 1. The second-order valence-corrected chi connectivity index (χ2v) is 3.62. The Balaban J connectivity index is -0.000000103. The fourth-order valence-corrected chi connectivity index (χ4v) is 0.780. The van der Waals surface area contributed by atoms with Crippen molar-refractivity contribution in [3.05, 3.63) is 0 Å². The molecule has 0 aliphatic carbocycles. The molecular weight excluding hydrogens is 194 g/mol. The Kier molecular flexibility index (Phi) is 37.9. The van der Waals surface area contributed by atoms with Crippen LogP contribution < -0.4 is 5.32 Å². The minimum Gasteiger partial charge on any atom is -0.317 e. The molecule has 0 bridgehead atoms. The van der Waals surface area contributed by atoms with Crippen LogP contribution in [0.4, 0.5) is 0 Å². The first kappa shape index (κ1) is 25.0. The third kappa shape index (κ3) is 29.2. The molecule has 0 aliphatic heterocycles. The van der Waals surface area contributed by atoms with Crippen molar-refractivity contribution in [2.45, 2.75) is 82.1 Å². The molecule has 0 heterocycles. The molecule has 16 heavy (non-hydrogen) atoms. The maximum Gasteiger partial charge on any atom is -0.00439 e. The van der Waals surface area contributed by atoms with E-state index < -0.39 is 0 Å². The van der Waals surface area contributed by atoms with Gasteiger partial charge in [0.1, 0.15) is 0 Å². The Morgan fingerprint density at radius 3 is 1.44 bits per heavy atom. The van der Waals surface area contributed by atoms with Gasteiger partial charge in [0.2, 0.25) is 0 Å². The average molecular weight is 233 g/mol. The van der Waals surface area contributed by atoms with E-state index in [1.54, 1.807) is 0 Å². The lowest BCUT2D eigenvalue weighted by Crippen LogP contribution is -2.21. The highest BCUT2D eigenvalue weighted by molar-refractivity contribution is 4.66. The van der Waals surface area contributed by atoms with Gasteiger partial charge in [-0.15, -0.1) is 0 Å². The molecule has 0 spiro atoms. The zero-order valence-electron chi connectivity index (χ0n) is 13.8. The predicted octanol–water partition coefficient (Wildman–Crippen LogP) is 5.50. The molecule has 0 unspecified atom stereocenters. The topological polar surface area (TPSA) is 12.0 Å². The summed E-state index contributed by atoms with van der Waals surface area (Å²) >= 11 is 0. The maximum absolute atomic E-state index is 3.34. The van der Waals surface area contributed by atoms with E-state index in [0.717, 1.165) is 13.1 Å². The molecule has 0 saturated carbocycles. The number of rotatable bonds is 5. The molecule has 0 aromatic carbocycles. The second-order valence-electron chi connectivity index (χ2n) is 3.62. The van der Waals surface area contributed by atoms with Crippen LogP contribution in [-0.4, -0.2) is 13.1 Å². The predicted molar refractivity (Wildman–Crippen MR) is 81.3 cm³/mol. The van der Waals surface area contributed by atoms with Crippen molar-refractivity contribution in [3.63, 3.8) is 0 Å². The summed E-state index contributed by atoms with van der Waals surface area (Å²) in [7, 11) is 0. The smallest absolute Gasteiger partial charge is 0.00439 e. The van der Waals surface area contributed by atoms with Crippen LogP contribution in [0.3, 0.4) is 0 Å². The first-order chi connectivity index (χ1) is 7.62. The summed E-state index contributed by atoms with van der Waals surface area (Å²) in [5.74, 6) is 0. The zero-order chi connectivity index (χ0) is 14.0. The van der Waals surface area contributed by atoms with Crippen LogP contribution in [-0.2, 0) is 0 Å². The SMILES string of the molecule is CC.CC.CC.CCNCCC(C)(C)CC. The summed E-state index contributed by atoms with van der Waals surface area (Å²) in [6.45, 7) is 23.3. The van der Waals surface area contributed by atoms with E-state index in [2.05, 4.69) is 33.0 Å². The second kappa shape index (κ2) is 24.3. The largest absolute Gasteiger partial charge is 0.317 e. The summed E-state index contributed by atoms with van der Waals surface area (Å²) in [6, 6.07) is 0. The van der Waals surface area contributed by atoms with Crippen LogP contribution in [0.15, 0.2) is 0 Å². The van der Waals surface area contributed by atoms with E-state index in [-0.39, 0.29) is 0 Å². The summed E-state index contributed by atoms with van der Waals surface area (Å²) in [5.41, 5.74) is 0.530. The molecular formula is C15H39N. The first-order valence-electron chi connectivity index (χ1n) is 7.33. The van der Waals surface area contributed by atoms with Crippen molar-refractivity contribution in [1.29, 1.82) is 0 Å². The lowest BCUT2D eigenvalue weighted by molar-refractivity contribution is 0.317. The van der Waals surface area contributed by atoms with Crippen LogP contribution in [0.1, 0.15) is 82.1 Å². The van der Waals surface area contributed by atoms with E-state index in [1.807, 2.05) is 41.5 Å². The minimum absolute atomic E-state index is 0.530. The molecule has 0 atom stereocenters. The van der Waals surface area contributed by atoms with E-state index in [4.69, 9.17) is 0 Å². The molecule has 0 rings (SSSR count). The third-order valence-electron chi connectivity index (χ3n) is 2.19. The summed E-state index contributed by atoms with van der Waals surface area (Å²) in [4.78, 5) is 0. The van der Waals surface area contributed by atoms with Gasteiger partial charge in [-0.2, -0.15) is 0 Å². The molecule has 0 amide bonds. The molecule has 0 radical (unpaired) electrons. The molecule has 0 aromatic rings. The quantitative estimate of drug-likeness (QED) is 0.618. The fraction of sp³-hybridized carbons (Fsp3) is 1.00. The Morgan fingerprint density at radius 2 is 1.19 bits per heavy atom. The van der Waals surface area contributed by atoms with Crippen LogP contribution in [0.25, 0.3) is 0 Å². The van der Waals surface area contributed by atoms with Crippen LogP contribution >= 0.6 is 0 Å². The Labute approximate surface area is 106 Å². The Hall–Kier alpha value is -0.0400. The lowest BCUT2D eigenvalue weighted by Gasteiger charge is -2.22. The average Bonchev–Trinajstić information content (AvgIpc) is 2.37. The fourth-order valence-electron chi connectivity index (χ4n) is 0.780. The highest BCUT2D eigenvalue weighted by Crippen LogP contribution is 2.23. The Morgan fingerprint density at radius 1 is 0.812 bits per heavy atom. The molecule has 1 heteroatoms. The molecule has 0 aromatic heterocycles. The van der Waals surface area contributed by atoms with Gasteiger partial charge < -0.3 is 5.32 Å². The van der Waals surface area contributed by atoms with Crippen molar-refractivity contribution in [2.24, 2.45) is 5.41 Å². The van der Waals surface area contributed by atoms with E-state index in [9.17, 15) is 0 Å². The number of nitrogens with one attached hydrogen (secondary N) is 1. The van der Waals surface area contributed by atoms with Crippen molar-refractivity contribution < 1.29 is 0 Å². The summed E-state index contributed by atoms with van der Waals surface area (Å²) in [5, 5.41) is 3.34. The maximum atomic E-state index is 3.34. The standard InChI is InChI=1S/C9H21N.3C2H6/c1-5-9(3,4)7-8-10-6-2;3*1-2/h10H,5-8H2,1-4H3;3*1-2H3. The molecule has 0 aliphatic rings.